The number of aliphatic carboxylic acids is 1. The first-order valence-corrected chi connectivity index (χ1v) is 5.57. The predicted octanol–water partition coefficient (Wildman–Crippen LogP) is 1.54. The number of carboxylic acid groups (broad SMARTS) is 1. The lowest BCUT2D eigenvalue weighted by Crippen LogP contribution is -2.51. The fourth-order valence-corrected chi connectivity index (χ4v) is 1.22. The highest BCUT2D eigenvalue weighted by Crippen LogP contribution is 2.05. The van der Waals surface area contributed by atoms with Crippen LogP contribution >= 0.6 is 0 Å². The van der Waals surface area contributed by atoms with E-state index in [-0.39, 0.29) is 18.0 Å². The van der Waals surface area contributed by atoms with Crippen molar-refractivity contribution < 1.29 is 14.7 Å². The highest BCUT2D eigenvalue weighted by Gasteiger charge is 2.25. The van der Waals surface area contributed by atoms with Crippen molar-refractivity contribution in [2.45, 2.75) is 46.2 Å². The lowest BCUT2D eigenvalue weighted by Gasteiger charge is -2.27. The Bertz CT molecular complexity index is 254. The first-order chi connectivity index (χ1) is 7.31. The van der Waals surface area contributed by atoms with Gasteiger partial charge < -0.3 is 15.3 Å². The van der Waals surface area contributed by atoms with Crippen LogP contribution in [0.1, 0.15) is 34.1 Å². The largest absolute Gasteiger partial charge is 0.480 e. The second-order valence-corrected chi connectivity index (χ2v) is 4.38. The molecule has 0 aliphatic heterocycles. The second-order valence-electron chi connectivity index (χ2n) is 4.38. The Balaban J connectivity index is 4.46. The molecule has 2 N–H and O–H groups in total. The maximum Gasteiger partial charge on any atom is 0.326 e. The third kappa shape index (κ3) is 4.08. The Labute approximate surface area is 96.8 Å². The minimum Gasteiger partial charge on any atom is -0.480 e. The van der Waals surface area contributed by atoms with E-state index in [0.717, 1.165) is 6.42 Å². The molecule has 0 rings (SSSR count). The van der Waals surface area contributed by atoms with Crippen LogP contribution in [-0.2, 0) is 4.79 Å². The molecule has 94 valence electrons. The highest BCUT2D eigenvalue weighted by atomic mass is 16.4. The monoisotopic (exact) mass is 230 g/mol. The zero-order chi connectivity index (χ0) is 12.9. The summed E-state index contributed by atoms with van der Waals surface area (Å²) in [5.74, 6) is -1.13. The van der Waals surface area contributed by atoms with Crippen LogP contribution in [0.5, 0.6) is 0 Å². The number of nitrogens with zero attached hydrogens (tertiary/aromatic N) is 1. The molecule has 2 atom stereocenters. The number of hydrogen-bond donors (Lipinski definition) is 2. The Morgan fingerprint density at radius 2 is 1.81 bits per heavy atom. The molecule has 0 aliphatic rings. The van der Waals surface area contributed by atoms with Gasteiger partial charge in [0.1, 0.15) is 6.04 Å². The summed E-state index contributed by atoms with van der Waals surface area (Å²) >= 11 is 0. The molecule has 0 aromatic heterocycles. The van der Waals surface area contributed by atoms with Crippen molar-refractivity contribution in [3.05, 3.63) is 0 Å². The van der Waals surface area contributed by atoms with Gasteiger partial charge in [0.15, 0.2) is 0 Å². The number of carboxylic acids is 1. The molecule has 0 bridgehead atoms. The normalized spacial score (nSPS) is 14.4. The van der Waals surface area contributed by atoms with Gasteiger partial charge in [-0.1, -0.05) is 20.8 Å². The van der Waals surface area contributed by atoms with Gasteiger partial charge in [0.2, 0.25) is 0 Å². The molecule has 0 fully saturated rings. The summed E-state index contributed by atoms with van der Waals surface area (Å²) in [6.45, 7) is 7.43. The SMILES string of the molecule is CCC(C)N(C)C(=O)N[C@@H](C(=O)O)C(C)C. The maximum absolute atomic E-state index is 11.7. The Hall–Kier alpha value is -1.26. The van der Waals surface area contributed by atoms with Gasteiger partial charge in [0.05, 0.1) is 0 Å². The number of carbonyl (C=O) groups excluding carboxylic acids is 1. The summed E-state index contributed by atoms with van der Waals surface area (Å²) in [6.07, 6.45) is 0.837. The van der Waals surface area contributed by atoms with Crippen molar-refractivity contribution in [1.82, 2.24) is 10.2 Å². The van der Waals surface area contributed by atoms with E-state index in [1.807, 2.05) is 13.8 Å². The Morgan fingerprint density at radius 3 is 2.12 bits per heavy atom. The third-order valence-corrected chi connectivity index (χ3v) is 2.78. The Morgan fingerprint density at radius 1 is 1.31 bits per heavy atom. The van der Waals surface area contributed by atoms with Gasteiger partial charge >= 0.3 is 12.0 Å². The van der Waals surface area contributed by atoms with Crippen molar-refractivity contribution in [3.8, 4) is 0 Å². The molecular formula is C11H22N2O3. The molecule has 2 amide bonds. The molecule has 0 aliphatic carbocycles. The van der Waals surface area contributed by atoms with Gasteiger partial charge in [-0.15, -0.1) is 0 Å². The number of urea groups is 1. The molecule has 0 heterocycles. The van der Waals surface area contributed by atoms with Crippen LogP contribution in [0.2, 0.25) is 0 Å². The smallest absolute Gasteiger partial charge is 0.326 e. The molecular weight excluding hydrogens is 208 g/mol. The van der Waals surface area contributed by atoms with Crippen LogP contribution in [0, 0.1) is 5.92 Å². The molecule has 16 heavy (non-hydrogen) atoms. The number of hydrogen-bond acceptors (Lipinski definition) is 2. The summed E-state index contributed by atoms with van der Waals surface area (Å²) in [7, 11) is 1.67. The zero-order valence-corrected chi connectivity index (χ0v) is 10.7. The highest BCUT2D eigenvalue weighted by molar-refractivity contribution is 5.82. The first-order valence-electron chi connectivity index (χ1n) is 5.57. The van der Waals surface area contributed by atoms with Gasteiger partial charge in [-0.25, -0.2) is 9.59 Å². The molecule has 0 saturated heterocycles. The standard InChI is InChI=1S/C11H22N2O3/c1-6-8(4)13(5)11(16)12-9(7(2)3)10(14)15/h7-9H,6H2,1-5H3,(H,12,16)(H,14,15)/t8?,9-/m1/s1. The van der Waals surface area contributed by atoms with E-state index < -0.39 is 12.0 Å². The molecule has 0 radical (unpaired) electrons. The first kappa shape index (κ1) is 14.7. The summed E-state index contributed by atoms with van der Waals surface area (Å²) in [4.78, 5) is 24.1. The number of rotatable bonds is 5. The minimum absolute atomic E-state index is 0.0987. The summed E-state index contributed by atoms with van der Waals surface area (Å²) in [5.41, 5.74) is 0. The van der Waals surface area contributed by atoms with E-state index in [1.54, 1.807) is 20.9 Å². The lowest BCUT2D eigenvalue weighted by atomic mass is 10.1. The predicted molar refractivity (Wildman–Crippen MR) is 62.3 cm³/mol. The van der Waals surface area contributed by atoms with Gasteiger partial charge in [-0.05, 0) is 19.3 Å². The molecule has 5 nitrogen and oxygen atoms in total. The number of amides is 2. The van der Waals surface area contributed by atoms with E-state index in [9.17, 15) is 9.59 Å². The van der Waals surface area contributed by atoms with E-state index in [0.29, 0.717) is 0 Å². The van der Waals surface area contributed by atoms with Gasteiger partial charge in [-0.3, -0.25) is 0 Å². The third-order valence-electron chi connectivity index (χ3n) is 2.78. The van der Waals surface area contributed by atoms with E-state index in [4.69, 9.17) is 5.11 Å². The zero-order valence-electron chi connectivity index (χ0n) is 10.7. The van der Waals surface area contributed by atoms with Gasteiger partial charge in [0.25, 0.3) is 0 Å². The van der Waals surface area contributed by atoms with Crippen molar-refractivity contribution in [2.24, 2.45) is 5.92 Å². The van der Waals surface area contributed by atoms with Crippen molar-refractivity contribution in [3.63, 3.8) is 0 Å². The number of carbonyl (C=O) groups is 2. The topological polar surface area (TPSA) is 69.6 Å². The molecule has 0 aromatic rings. The fraction of sp³-hybridized carbons (Fsp3) is 0.818. The van der Waals surface area contributed by atoms with Gasteiger partial charge in [0, 0.05) is 13.1 Å². The molecule has 0 saturated carbocycles. The molecule has 1 unspecified atom stereocenters. The van der Waals surface area contributed by atoms with Crippen molar-refractivity contribution >= 4 is 12.0 Å². The van der Waals surface area contributed by atoms with Crippen LogP contribution in [0.15, 0.2) is 0 Å². The summed E-state index contributed by atoms with van der Waals surface area (Å²) in [5, 5.41) is 11.5. The Kier molecular flexibility index (Phi) is 5.85. The summed E-state index contributed by atoms with van der Waals surface area (Å²) in [6, 6.07) is -1.07. The van der Waals surface area contributed by atoms with Crippen molar-refractivity contribution in [2.75, 3.05) is 7.05 Å². The van der Waals surface area contributed by atoms with Crippen LogP contribution in [0.3, 0.4) is 0 Å². The lowest BCUT2D eigenvalue weighted by molar-refractivity contribution is -0.140. The summed E-state index contributed by atoms with van der Waals surface area (Å²) < 4.78 is 0. The van der Waals surface area contributed by atoms with Crippen LogP contribution in [0.4, 0.5) is 4.79 Å². The molecule has 0 aromatic carbocycles. The quantitative estimate of drug-likeness (QED) is 0.752. The second kappa shape index (κ2) is 6.35. The fourth-order valence-electron chi connectivity index (χ4n) is 1.22. The minimum atomic E-state index is -0.999. The van der Waals surface area contributed by atoms with Crippen molar-refractivity contribution in [1.29, 1.82) is 0 Å². The van der Waals surface area contributed by atoms with E-state index in [1.165, 1.54) is 4.90 Å². The van der Waals surface area contributed by atoms with E-state index >= 15 is 0 Å². The molecule has 0 spiro atoms. The van der Waals surface area contributed by atoms with Gasteiger partial charge in [-0.2, -0.15) is 0 Å². The average Bonchev–Trinajstić information content (AvgIpc) is 2.22. The average molecular weight is 230 g/mol. The van der Waals surface area contributed by atoms with E-state index in [2.05, 4.69) is 5.32 Å². The van der Waals surface area contributed by atoms with Crippen LogP contribution in [0.25, 0.3) is 0 Å². The van der Waals surface area contributed by atoms with Crippen LogP contribution < -0.4 is 5.32 Å². The maximum atomic E-state index is 11.7. The number of nitrogens with one attached hydrogen (secondary N) is 1. The molecule has 5 heteroatoms. The van der Waals surface area contributed by atoms with Crippen LogP contribution in [-0.4, -0.2) is 41.1 Å².